The first-order chi connectivity index (χ1) is 13.5. The number of ether oxygens (including phenoxy) is 1. The number of nitrogen functional groups attached to an aromatic ring is 1. The number of rotatable bonds is 5. The standard InChI is InChI=1S/C19H22N4O5/c20-21-16-10-17(24)23(11-15(16)18(25)26)14-6-8-22(9-7-14)19(27)28-12-13-4-2-1-3-5-13/h1-5,10-11,14,21H,6-9,12,20H2,(H,25,26). The summed E-state index contributed by atoms with van der Waals surface area (Å²) in [5.74, 6) is 4.11. The quantitative estimate of drug-likeness (QED) is 0.528. The average molecular weight is 386 g/mol. The molecule has 4 N–H and O–H groups in total. The molecule has 9 heteroatoms. The summed E-state index contributed by atoms with van der Waals surface area (Å²) in [4.78, 5) is 37.5. The van der Waals surface area contributed by atoms with Crippen molar-refractivity contribution in [3.63, 3.8) is 0 Å². The van der Waals surface area contributed by atoms with Gasteiger partial charge in [0.1, 0.15) is 12.2 Å². The van der Waals surface area contributed by atoms with Crippen molar-refractivity contribution in [2.45, 2.75) is 25.5 Å². The van der Waals surface area contributed by atoms with Crippen LogP contribution in [0.3, 0.4) is 0 Å². The lowest BCUT2D eigenvalue weighted by Crippen LogP contribution is -2.41. The zero-order valence-corrected chi connectivity index (χ0v) is 15.2. The first-order valence-corrected chi connectivity index (χ1v) is 8.91. The number of nitrogens with one attached hydrogen (secondary N) is 1. The van der Waals surface area contributed by atoms with E-state index in [2.05, 4.69) is 5.43 Å². The zero-order valence-electron chi connectivity index (χ0n) is 15.2. The maximum Gasteiger partial charge on any atom is 0.410 e. The van der Waals surface area contributed by atoms with Crippen LogP contribution in [0.25, 0.3) is 0 Å². The molecule has 1 aromatic heterocycles. The summed E-state index contributed by atoms with van der Waals surface area (Å²) in [5.41, 5.74) is 2.79. The number of benzene rings is 1. The number of hydrazine groups is 1. The maximum absolute atomic E-state index is 12.3. The van der Waals surface area contributed by atoms with Crippen LogP contribution in [0.15, 0.2) is 47.4 Å². The fourth-order valence-corrected chi connectivity index (χ4v) is 3.26. The first-order valence-electron chi connectivity index (χ1n) is 8.91. The van der Waals surface area contributed by atoms with E-state index in [0.717, 1.165) is 5.56 Å². The Morgan fingerprint density at radius 1 is 1.21 bits per heavy atom. The minimum Gasteiger partial charge on any atom is -0.478 e. The summed E-state index contributed by atoms with van der Waals surface area (Å²) < 4.78 is 6.73. The van der Waals surface area contributed by atoms with Gasteiger partial charge in [-0.05, 0) is 18.4 Å². The lowest BCUT2D eigenvalue weighted by Gasteiger charge is -2.32. The Morgan fingerprint density at radius 2 is 1.89 bits per heavy atom. The minimum atomic E-state index is -1.18. The van der Waals surface area contributed by atoms with Gasteiger partial charge in [0.25, 0.3) is 5.56 Å². The topological polar surface area (TPSA) is 127 Å². The molecule has 0 spiro atoms. The van der Waals surface area contributed by atoms with Gasteiger partial charge in [0.2, 0.25) is 0 Å². The second kappa shape index (κ2) is 8.57. The molecule has 1 aromatic carbocycles. The highest BCUT2D eigenvalue weighted by Gasteiger charge is 2.26. The van der Waals surface area contributed by atoms with Crippen LogP contribution in [0.2, 0.25) is 0 Å². The molecular weight excluding hydrogens is 364 g/mol. The van der Waals surface area contributed by atoms with E-state index in [4.69, 9.17) is 10.6 Å². The smallest absolute Gasteiger partial charge is 0.410 e. The molecule has 1 aliphatic heterocycles. The van der Waals surface area contributed by atoms with Crippen molar-refractivity contribution >= 4 is 17.7 Å². The number of hydrogen-bond donors (Lipinski definition) is 3. The molecule has 1 amide bonds. The maximum atomic E-state index is 12.3. The van der Waals surface area contributed by atoms with Gasteiger partial charge in [0.05, 0.1) is 5.69 Å². The Kier molecular flexibility index (Phi) is 5.95. The highest BCUT2D eigenvalue weighted by atomic mass is 16.6. The highest BCUT2D eigenvalue weighted by molar-refractivity contribution is 5.93. The number of aromatic carboxylic acids is 1. The van der Waals surface area contributed by atoms with E-state index < -0.39 is 12.1 Å². The fourth-order valence-electron chi connectivity index (χ4n) is 3.26. The van der Waals surface area contributed by atoms with Crippen molar-refractivity contribution in [1.82, 2.24) is 9.47 Å². The number of pyridine rings is 1. The Hall–Kier alpha value is -3.33. The van der Waals surface area contributed by atoms with Crippen molar-refractivity contribution in [3.05, 3.63) is 64.1 Å². The molecule has 1 aliphatic rings. The number of amides is 1. The molecule has 2 heterocycles. The van der Waals surface area contributed by atoms with Gasteiger partial charge in [0, 0.05) is 31.4 Å². The third-order valence-electron chi connectivity index (χ3n) is 4.79. The minimum absolute atomic E-state index is 0.0654. The summed E-state index contributed by atoms with van der Waals surface area (Å²) in [7, 11) is 0. The number of anilines is 1. The molecule has 0 aliphatic carbocycles. The molecular formula is C19H22N4O5. The molecule has 9 nitrogen and oxygen atoms in total. The molecule has 28 heavy (non-hydrogen) atoms. The van der Waals surface area contributed by atoms with Crippen molar-refractivity contribution < 1.29 is 19.4 Å². The van der Waals surface area contributed by atoms with Crippen LogP contribution >= 0.6 is 0 Å². The Morgan fingerprint density at radius 3 is 2.50 bits per heavy atom. The van der Waals surface area contributed by atoms with Crippen molar-refractivity contribution in [1.29, 1.82) is 0 Å². The molecule has 2 aromatic rings. The summed E-state index contributed by atoms with van der Waals surface area (Å²) in [6.45, 7) is 1.04. The number of nitrogens with two attached hydrogens (primary N) is 1. The van der Waals surface area contributed by atoms with Gasteiger partial charge >= 0.3 is 12.1 Å². The van der Waals surface area contributed by atoms with E-state index in [1.54, 1.807) is 4.90 Å². The van der Waals surface area contributed by atoms with E-state index in [1.807, 2.05) is 30.3 Å². The van der Waals surface area contributed by atoms with Gasteiger partial charge in [-0.1, -0.05) is 30.3 Å². The van der Waals surface area contributed by atoms with Gasteiger partial charge in [-0.2, -0.15) is 0 Å². The normalized spacial score (nSPS) is 14.5. The Labute approximate surface area is 161 Å². The lowest BCUT2D eigenvalue weighted by molar-refractivity contribution is 0.0696. The number of carboxylic acid groups (broad SMARTS) is 1. The van der Waals surface area contributed by atoms with Crippen molar-refractivity contribution in [2.75, 3.05) is 18.5 Å². The van der Waals surface area contributed by atoms with Crippen LogP contribution in [0.5, 0.6) is 0 Å². The number of carboxylic acids is 1. The molecule has 0 unspecified atom stereocenters. The largest absolute Gasteiger partial charge is 0.478 e. The van der Waals surface area contributed by atoms with Crippen molar-refractivity contribution in [3.8, 4) is 0 Å². The first kappa shape index (κ1) is 19.4. The number of nitrogens with zero attached hydrogens (tertiary/aromatic N) is 2. The number of aromatic nitrogens is 1. The summed E-state index contributed by atoms with van der Waals surface area (Å²) >= 11 is 0. The van der Waals surface area contributed by atoms with Gasteiger partial charge in [-0.25, -0.2) is 9.59 Å². The molecule has 0 radical (unpaired) electrons. The fraction of sp³-hybridized carbons (Fsp3) is 0.316. The second-order valence-corrected chi connectivity index (χ2v) is 6.55. The van der Waals surface area contributed by atoms with Crippen LogP contribution in [0, 0.1) is 0 Å². The Balaban J connectivity index is 1.62. The Bertz CT molecular complexity index is 904. The molecule has 0 saturated carbocycles. The predicted octanol–water partition coefficient (Wildman–Crippen LogP) is 1.81. The lowest BCUT2D eigenvalue weighted by atomic mass is 10.0. The highest BCUT2D eigenvalue weighted by Crippen LogP contribution is 2.23. The molecule has 1 fully saturated rings. The predicted molar refractivity (Wildman–Crippen MR) is 102 cm³/mol. The molecule has 3 rings (SSSR count). The summed E-state index contributed by atoms with van der Waals surface area (Å²) in [6.07, 6.45) is 1.95. The second-order valence-electron chi connectivity index (χ2n) is 6.55. The van der Waals surface area contributed by atoms with E-state index in [1.165, 1.54) is 16.8 Å². The average Bonchev–Trinajstić information content (AvgIpc) is 2.72. The van der Waals surface area contributed by atoms with Crippen LogP contribution in [-0.4, -0.2) is 39.7 Å². The molecule has 0 bridgehead atoms. The van der Waals surface area contributed by atoms with E-state index >= 15 is 0 Å². The SMILES string of the molecule is NNc1cc(=O)n(C2CCN(C(=O)OCc3ccccc3)CC2)cc1C(=O)O. The van der Waals surface area contributed by atoms with Crippen LogP contribution < -0.4 is 16.8 Å². The molecule has 1 saturated heterocycles. The number of likely N-dealkylation sites (tertiary alicyclic amines) is 1. The van der Waals surface area contributed by atoms with Gasteiger partial charge in [0.15, 0.2) is 0 Å². The van der Waals surface area contributed by atoms with Crippen molar-refractivity contribution in [2.24, 2.45) is 5.84 Å². The van der Waals surface area contributed by atoms with E-state index in [-0.39, 0.29) is 29.5 Å². The van der Waals surface area contributed by atoms with Crippen LogP contribution in [-0.2, 0) is 11.3 Å². The van der Waals surface area contributed by atoms with Crippen LogP contribution in [0.4, 0.5) is 10.5 Å². The molecule has 148 valence electrons. The number of carbonyl (C=O) groups is 2. The third kappa shape index (κ3) is 4.32. The van der Waals surface area contributed by atoms with E-state index in [9.17, 15) is 19.5 Å². The van der Waals surface area contributed by atoms with Gasteiger partial charge in [-0.3, -0.25) is 10.6 Å². The number of piperidine rings is 1. The molecule has 0 atom stereocenters. The summed E-state index contributed by atoms with van der Waals surface area (Å²) in [6, 6.07) is 10.4. The summed E-state index contributed by atoms with van der Waals surface area (Å²) in [5, 5.41) is 9.30. The van der Waals surface area contributed by atoms with Crippen LogP contribution in [0.1, 0.15) is 34.8 Å². The third-order valence-corrected chi connectivity index (χ3v) is 4.79. The monoisotopic (exact) mass is 386 g/mol. The number of carbonyl (C=O) groups excluding carboxylic acids is 1. The number of hydrogen-bond acceptors (Lipinski definition) is 6. The van der Waals surface area contributed by atoms with Gasteiger partial charge in [-0.15, -0.1) is 0 Å². The van der Waals surface area contributed by atoms with Gasteiger partial charge < -0.3 is 24.7 Å². The van der Waals surface area contributed by atoms with E-state index in [0.29, 0.717) is 25.9 Å². The zero-order chi connectivity index (χ0) is 20.1.